The van der Waals surface area contributed by atoms with Gasteiger partial charge in [-0.25, -0.2) is 0 Å². The lowest BCUT2D eigenvalue weighted by molar-refractivity contribution is 0.0956. The van der Waals surface area contributed by atoms with Crippen LogP contribution < -0.4 is 10.6 Å². The molecule has 3 unspecified atom stereocenters. The summed E-state index contributed by atoms with van der Waals surface area (Å²) in [6, 6.07) is 8.36. The van der Waals surface area contributed by atoms with E-state index in [1.807, 2.05) is 31.2 Å². The summed E-state index contributed by atoms with van der Waals surface area (Å²) >= 11 is 0. The first-order chi connectivity index (χ1) is 9.60. The van der Waals surface area contributed by atoms with Gasteiger partial charge >= 0.3 is 0 Å². The fraction of sp³-hybridized carbons (Fsp3) is 0.588. The fourth-order valence-electron chi connectivity index (χ4n) is 2.89. The van der Waals surface area contributed by atoms with Gasteiger partial charge < -0.3 is 10.6 Å². The average molecular weight is 274 g/mol. The van der Waals surface area contributed by atoms with E-state index in [-0.39, 0.29) is 5.91 Å². The van der Waals surface area contributed by atoms with Crippen LogP contribution in [0, 0.1) is 11.8 Å². The van der Waals surface area contributed by atoms with Crippen LogP contribution in [0.3, 0.4) is 0 Å². The molecular formula is C17H26N2O. The van der Waals surface area contributed by atoms with E-state index in [4.69, 9.17) is 0 Å². The Bertz CT molecular complexity index is 441. The van der Waals surface area contributed by atoms with Gasteiger partial charge in [0.25, 0.3) is 5.91 Å². The number of carbonyl (C=O) groups excluding carboxylic acids is 1. The van der Waals surface area contributed by atoms with Gasteiger partial charge in [-0.3, -0.25) is 4.79 Å². The topological polar surface area (TPSA) is 41.1 Å². The number of benzene rings is 1. The zero-order valence-corrected chi connectivity index (χ0v) is 12.8. The van der Waals surface area contributed by atoms with E-state index >= 15 is 0 Å². The molecule has 3 heteroatoms. The third-order valence-electron chi connectivity index (χ3n) is 4.45. The molecule has 3 nitrogen and oxygen atoms in total. The van der Waals surface area contributed by atoms with Crippen molar-refractivity contribution in [1.82, 2.24) is 5.32 Å². The van der Waals surface area contributed by atoms with Crippen molar-refractivity contribution >= 4 is 11.6 Å². The number of carbonyl (C=O) groups is 1. The summed E-state index contributed by atoms with van der Waals surface area (Å²) < 4.78 is 0. The van der Waals surface area contributed by atoms with Crippen LogP contribution >= 0.6 is 0 Å². The highest BCUT2D eigenvalue weighted by Crippen LogP contribution is 2.31. The molecule has 20 heavy (non-hydrogen) atoms. The van der Waals surface area contributed by atoms with E-state index in [0.29, 0.717) is 12.6 Å². The maximum absolute atomic E-state index is 11.7. The first-order valence-electron chi connectivity index (χ1n) is 7.75. The van der Waals surface area contributed by atoms with E-state index in [2.05, 4.69) is 24.5 Å². The largest absolute Gasteiger partial charge is 0.382 e. The van der Waals surface area contributed by atoms with Gasteiger partial charge in [0.05, 0.1) is 0 Å². The van der Waals surface area contributed by atoms with Crippen LogP contribution in [-0.2, 0) is 0 Å². The second-order valence-corrected chi connectivity index (χ2v) is 6.05. The molecule has 110 valence electrons. The van der Waals surface area contributed by atoms with E-state index in [0.717, 1.165) is 23.1 Å². The van der Waals surface area contributed by atoms with Crippen LogP contribution in [-0.4, -0.2) is 18.5 Å². The average Bonchev–Trinajstić information content (AvgIpc) is 2.44. The number of rotatable bonds is 4. The molecule has 0 heterocycles. The lowest BCUT2D eigenvalue weighted by Crippen LogP contribution is -2.30. The number of anilines is 1. The molecule has 1 aromatic rings. The van der Waals surface area contributed by atoms with Crippen molar-refractivity contribution < 1.29 is 4.79 Å². The van der Waals surface area contributed by atoms with Crippen LogP contribution in [0.5, 0.6) is 0 Å². The van der Waals surface area contributed by atoms with Crippen LogP contribution in [0.4, 0.5) is 5.69 Å². The minimum absolute atomic E-state index is 0.000775. The third kappa shape index (κ3) is 3.75. The second kappa shape index (κ2) is 6.78. The highest BCUT2D eigenvalue weighted by Gasteiger charge is 2.24. The molecule has 1 aliphatic rings. The van der Waals surface area contributed by atoms with Crippen molar-refractivity contribution in [2.24, 2.45) is 11.8 Å². The maximum Gasteiger partial charge on any atom is 0.251 e. The molecule has 1 aliphatic carbocycles. The zero-order chi connectivity index (χ0) is 14.5. The monoisotopic (exact) mass is 274 g/mol. The molecule has 0 spiro atoms. The number of nitrogens with one attached hydrogen (secondary N) is 2. The lowest BCUT2D eigenvalue weighted by atomic mass is 9.79. The van der Waals surface area contributed by atoms with Crippen molar-refractivity contribution in [1.29, 1.82) is 0 Å². The molecule has 0 aliphatic heterocycles. The van der Waals surface area contributed by atoms with Gasteiger partial charge in [-0.2, -0.15) is 0 Å². The molecule has 0 aromatic heterocycles. The molecule has 3 atom stereocenters. The summed E-state index contributed by atoms with van der Waals surface area (Å²) in [6.07, 6.45) is 3.78. The Balaban J connectivity index is 1.92. The number of amides is 1. The standard InChI is InChI=1S/C17H26N2O/c1-4-18-17(20)14-6-9-15(10-7-14)19-16-8-5-12(2)13(3)11-16/h6-7,9-10,12-13,16,19H,4-5,8,11H2,1-3H3,(H,18,20). The zero-order valence-electron chi connectivity index (χ0n) is 12.8. The van der Waals surface area contributed by atoms with E-state index < -0.39 is 0 Å². The van der Waals surface area contributed by atoms with Crippen molar-refractivity contribution in [3.63, 3.8) is 0 Å². The number of hydrogen-bond acceptors (Lipinski definition) is 2. The predicted octanol–water partition coefficient (Wildman–Crippen LogP) is 3.67. The summed E-state index contributed by atoms with van der Waals surface area (Å²) in [5.74, 6) is 1.63. The van der Waals surface area contributed by atoms with Crippen molar-refractivity contribution in [3.05, 3.63) is 29.8 Å². The highest BCUT2D eigenvalue weighted by molar-refractivity contribution is 5.94. The molecule has 0 saturated heterocycles. The van der Waals surface area contributed by atoms with Crippen molar-refractivity contribution in [2.75, 3.05) is 11.9 Å². The summed E-state index contributed by atoms with van der Waals surface area (Å²) in [5, 5.41) is 6.41. The van der Waals surface area contributed by atoms with Gasteiger partial charge in [0.1, 0.15) is 0 Å². The van der Waals surface area contributed by atoms with Crippen molar-refractivity contribution in [2.45, 2.75) is 46.1 Å². The van der Waals surface area contributed by atoms with Crippen LogP contribution in [0.15, 0.2) is 24.3 Å². The van der Waals surface area contributed by atoms with Crippen LogP contribution in [0.25, 0.3) is 0 Å². The molecule has 1 fully saturated rings. The lowest BCUT2D eigenvalue weighted by Gasteiger charge is -2.33. The Kier molecular flexibility index (Phi) is 5.05. The Morgan fingerprint density at radius 1 is 1.15 bits per heavy atom. The highest BCUT2D eigenvalue weighted by atomic mass is 16.1. The minimum Gasteiger partial charge on any atom is -0.382 e. The van der Waals surface area contributed by atoms with E-state index in [9.17, 15) is 4.79 Å². The van der Waals surface area contributed by atoms with Gasteiger partial charge in [-0.15, -0.1) is 0 Å². The molecule has 1 amide bonds. The summed E-state index contributed by atoms with van der Waals surface area (Å²) in [4.78, 5) is 11.7. The number of hydrogen-bond donors (Lipinski definition) is 2. The van der Waals surface area contributed by atoms with Gasteiger partial charge in [0.15, 0.2) is 0 Å². The van der Waals surface area contributed by atoms with E-state index in [1.165, 1.54) is 19.3 Å². The maximum atomic E-state index is 11.7. The van der Waals surface area contributed by atoms with Gasteiger partial charge in [-0.05, 0) is 62.3 Å². The molecule has 1 saturated carbocycles. The molecule has 1 aromatic carbocycles. The fourth-order valence-corrected chi connectivity index (χ4v) is 2.89. The van der Waals surface area contributed by atoms with Gasteiger partial charge in [-0.1, -0.05) is 13.8 Å². The van der Waals surface area contributed by atoms with Crippen LogP contribution in [0.2, 0.25) is 0 Å². The van der Waals surface area contributed by atoms with Gasteiger partial charge in [0, 0.05) is 23.8 Å². The normalized spacial score (nSPS) is 26.1. The van der Waals surface area contributed by atoms with E-state index in [1.54, 1.807) is 0 Å². The molecular weight excluding hydrogens is 248 g/mol. The first kappa shape index (κ1) is 14.9. The second-order valence-electron chi connectivity index (χ2n) is 6.05. The Morgan fingerprint density at radius 2 is 1.85 bits per heavy atom. The minimum atomic E-state index is -0.000775. The Morgan fingerprint density at radius 3 is 2.45 bits per heavy atom. The first-order valence-corrected chi connectivity index (χ1v) is 7.75. The third-order valence-corrected chi connectivity index (χ3v) is 4.45. The summed E-state index contributed by atoms with van der Waals surface area (Å²) in [5.41, 5.74) is 1.84. The van der Waals surface area contributed by atoms with Gasteiger partial charge in [0.2, 0.25) is 0 Å². The molecule has 0 radical (unpaired) electrons. The predicted molar refractivity (Wildman–Crippen MR) is 84.0 cm³/mol. The van der Waals surface area contributed by atoms with Crippen molar-refractivity contribution in [3.8, 4) is 0 Å². The summed E-state index contributed by atoms with van der Waals surface area (Å²) in [7, 11) is 0. The summed E-state index contributed by atoms with van der Waals surface area (Å²) in [6.45, 7) is 7.29. The molecule has 2 rings (SSSR count). The molecule has 0 bridgehead atoms. The Labute approximate surface area is 122 Å². The Hall–Kier alpha value is -1.51. The smallest absolute Gasteiger partial charge is 0.251 e. The quantitative estimate of drug-likeness (QED) is 0.879. The SMILES string of the molecule is CCNC(=O)c1ccc(NC2CCC(C)C(C)C2)cc1. The molecule has 2 N–H and O–H groups in total. The van der Waals surface area contributed by atoms with Crippen LogP contribution in [0.1, 0.15) is 50.4 Å².